The summed E-state index contributed by atoms with van der Waals surface area (Å²) in [5, 5.41) is 0. The lowest BCUT2D eigenvalue weighted by Crippen LogP contribution is -2.46. The number of nitrogens with zero attached hydrogens (tertiary/aromatic N) is 3. The number of rotatable bonds is 7. The van der Waals surface area contributed by atoms with Gasteiger partial charge in [-0.3, -0.25) is 9.69 Å². The molecule has 0 spiro atoms. The van der Waals surface area contributed by atoms with Crippen molar-refractivity contribution in [1.82, 2.24) is 9.80 Å². The van der Waals surface area contributed by atoms with Gasteiger partial charge in [0.05, 0.1) is 12.3 Å². The molecular weight excluding hydrogens is 410 g/mol. The minimum atomic E-state index is 0.309. The molecule has 2 aromatic carbocycles. The first-order valence-electron chi connectivity index (χ1n) is 12.8. The monoisotopic (exact) mass is 447 g/mol. The fraction of sp³-hybridized carbons (Fsp3) is 0.536. The van der Waals surface area contributed by atoms with E-state index in [-0.39, 0.29) is 0 Å². The third-order valence-electron chi connectivity index (χ3n) is 7.43. The summed E-state index contributed by atoms with van der Waals surface area (Å²) < 4.78 is 6.14. The molecule has 5 nitrogen and oxygen atoms in total. The SMILES string of the molecule is O=C(CCCCCN1CCN(c2cccc3c2OCCCC3)CC1)N1Cc2ccccc2C1. The Hall–Kier alpha value is -2.53. The molecule has 1 saturated heterocycles. The molecule has 3 aliphatic rings. The minimum Gasteiger partial charge on any atom is -0.491 e. The van der Waals surface area contributed by atoms with Gasteiger partial charge in [0.25, 0.3) is 0 Å². The van der Waals surface area contributed by atoms with Gasteiger partial charge in [-0.25, -0.2) is 0 Å². The Bertz CT molecular complexity index is 927. The molecule has 1 amide bonds. The van der Waals surface area contributed by atoms with Crippen LogP contribution in [0.5, 0.6) is 5.75 Å². The van der Waals surface area contributed by atoms with E-state index in [0.717, 1.165) is 83.9 Å². The van der Waals surface area contributed by atoms with Crippen molar-refractivity contribution >= 4 is 11.6 Å². The lowest BCUT2D eigenvalue weighted by atomic mass is 10.1. The highest BCUT2D eigenvalue weighted by Gasteiger charge is 2.23. The lowest BCUT2D eigenvalue weighted by Gasteiger charge is -2.37. The number of aryl methyl sites for hydroxylation is 1. The van der Waals surface area contributed by atoms with Crippen molar-refractivity contribution in [3.63, 3.8) is 0 Å². The number of hydrogen-bond donors (Lipinski definition) is 0. The average Bonchev–Trinajstić information content (AvgIpc) is 3.14. The summed E-state index contributed by atoms with van der Waals surface area (Å²) in [5.74, 6) is 1.44. The molecule has 1 fully saturated rings. The number of para-hydroxylation sites is 1. The number of unbranched alkanes of at least 4 members (excludes halogenated alkanes) is 2. The van der Waals surface area contributed by atoms with Crippen LogP contribution in [0.2, 0.25) is 0 Å². The first kappa shape index (κ1) is 22.3. The quantitative estimate of drug-likeness (QED) is 0.580. The molecule has 5 heteroatoms. The number of fused-ring (bicyclic) bond motifs is 2. The molecule has 0 aliphatic carbocycles. The number of hydrogen-bond acceptors (Lipinski definition) is 4. The van der Waals surface area contributed by atoms with E-state index in [9.17, 15) is 4.79 Å². The second-order valence-corrected chi connectivity index (χ2v) is 9.73. The van der Waals surface area contributed by atoms with Crippen LogP contribution in [-0.2, 0) is 24.3 Å². The Kier molecular flexibility index (Phi) is 7.15. The van der Waals surface area contributed by atoms with E-state index >= 15 is 0 Å². The number of ether oxygens (including phenoxy) is 1. The fourth-order valence-electron chi connectivity index (χ4n) is 5.44. The predicted molar refractivity (Wildman–Crippen MR) is 133 cm³/mol. The van der Waals surface area contributed by atoms with Crippen LogP contribution < -0.4 is 9.64 Å². The minimum absolute atomic E-state index is 0.309. The second-order valence-electron chi connectivity index (χ2n) is 9.73. The van der Waals surface area contributed by atoms with E-state index in [4.69, 9.17) is 4.74 Å². The standard InChI is InChI=1S/C28H37N3O2/c32-27(31-21-24-10-3-4-11-25(24)22-31)14-2-1-6-15-29-16-18-30(19-17-29)26-13-8-12-23-9-5-7-20-33-28(23)26/h3-4,8,10-13H,1-2,5-7,9,14-22H2. The summed E-state index contributed by atoms with van der Waals surface area (Å²) in [4.78, 5) is 19.7. The van der Waals surface area contributed by atoms with Crippen LogP contribution >= 0.6 is 0 Å². The summed E-state index contributed by atoms with van der Waals surface area (Å²) in [6.45, 7) is 7.90. The van der Waals surface area contributed by atoms with Crippen molar-refractivity contribution in [3.05, 3.63) is 59.2 Å². The Balaban J connectivity index is 1.00. The first-order chi connectivity index (χ1) is 16.3. The molecular formula is C28H37N3O2. The smallest absolute Gasteiger partial charge is 0.223 e. The molecule has 0 atom stereocenters. The van der Waals surface area contributed by atoms with E-state index < -0.39 is 0 Å². The predicted octanol–water partition coefficient (Wildman–Crippen LogP) is 4.63. The lowest BCUT2D eigenvalue weighted by molar-refractivity contribution is -0.131. The van der Waals surface area contributed by atoms with Crippen molar-refractivity contribution in [2.75, 3.05) is 44.2 Å². The van der Waals surface area contributed by atoms with Crippen LogP contribution in [0.15, 0.2) is 42.5 Å². The van der Waals surface area contributed by atoms with Crippen LogP contribution in [-0.4, -0.2) is 55.0 Å². The largest absolute Gasteiger partial charge is 0.491 e. The van der Waals surface area contributed by atoms with Gasteiger partial charge >= 0.3 is 0 Å². The summed E-state index contributed by atoms with van der Waals surface area (Å²) >= 11 is 0. The highest BCUT2D eigenvalue weighted by molar-refractivity contribution is 5.76. The molecule has 5 rings (SSSR count). The van der Waals surface area contributed by atoms with Gasteiger partial charge in [-0.05, 0) is 61.4 Å². The third kappa shape index (κ3) is 5.35. The normalized spacial score (nSPS) is 18.4. The van der Waals surface area contributed by atoms with Gasteiger partial charge in [0.15, 0.2) is 0 Å². The average molecular weight is 448 g/mol. The van der Waals surface area contributed by atoms with E-state index in [2.05, 4.69) is 52.3 Å². The molecule has 3 aliphatic heterocycles. The summed E-state index contributed by atoms with van der Waals surface area (Å²) in [6, 6.07) is 15.1. The maximum absolute atomic E-state index is 12.6. The molecule has 33 heavy (non-hydrogen) atoms. The number of piperazine rings is 1. The van der Waals surface area contributed by atoms with Crippen molar-refractivity contribution < 1.29 is 9.53 Å². The van der Waals surface area contributed by atoms with Gasteiger partial charge in [-0.15, -0.1) is 0 Å². The number of benzene rings is 2. The molecule has 0 N–H and O–H groups in total. The van der Waals surface area contributed by atoms with Crippen molar-refractivity contribution in [3.8, 4) is 5.75 Å². The van der Waals surface area contributed by atoms with Crippen molar-refractivity contribution in [2.45, 2.75) is 58.0 Å². The van der Waals surface area contributed by atoms with E-state index in [0.29, 0.717) is 12.3 Å². The van der Waals surface area contributed by atoms with Crippen LogP contribution in [0.25, 0.3) is 0 Å². The number of anilines is 1. The number of amides is 1. The molecule has 0 radical (unpaired) electrons. The first-order valence-corrected chi connectivity index (χ1v) is 12.8. The van der Waals surface area contributed by atoms with Crippen molar-refractivity contribution in [1.29, 1.82) is 0 Å². The zero-order valence-electron chi connectivity index (χ0n) is 19.8. The number of carbonyl (C=O) groups is 1. The maximum Gasteiger partial charge on any atom is 0.223 e. The molecule has 176 valence electrons. The Labute approximate surface area is 198 Å². The second kappa shape index (κ2) is 10.6. The van der Waals surface area contributed by atoms with Gasteiger partial charge < -0.3 is 14.5 Å². The van der Waals surface area contributed by atoms with Gasteiger partial charge in [-0.2, -0.15) is 0 Å². The molecule has 0 unspecified atom stereocenters. The van der Waals surface area contributed by atoms with E-state index in [1.165, 1.54) is 35.2 Å². The zero-order chi connectivity index (χ0) is 22.5. The number of carbonyl (C=O) groups excluding carboxylic acids is 1. The maximum atomic E-state index is 12.6. The molecule has 3 heterocycles. The Morgan fingerprint density at radius 3 is 2.36 bits per heavy atom. The van der Waals surface area contributed by atoms with Crippen LogP contribution in [0.1, 0.15) is 55.2 Å². The van der Waals surface area contributed by atoms with Gasteiger partial charge in [0, 0.05) is 45.7 Å². The van der Waals surface area contributed by atoms with Crippen LogP contribution in [0.4, 0.5) is 5.69 Å². The summed E-state index contributed by atoms with van der Waals surface area (Å²) in [6.07, 6.45) is 7.50. The van der Waals surface area contributed by atoms with Gasteiger partial charge in [0.1, 0.15) is 5.75 Å². The van der Waals surface area contributed by atoms with E-state index in [1.807, 2.05) is 4.90 Å². The van der Waals surface area contributed by atoms with Gasteiger partial charge in [-0.1, -0.05) is 42.8 Å². The summed E-state index contributed by atoms with van der Waals surface area (Å²) in [5.41, 5.74) is 5.28. The zero-order valence-corrected chi connectivity index (χ0v) is 19.8. The molecule has 0 bridgehead atoms. The van der Waals surface area contributed by atoms with Crippen molar-refractivity contribution in [2.24, 2.45) is 0 Å². The highest BCUT2D eigenvalue weighted by Crippen LogP contribution is 2.35. The molecule has 2 aromatic rings. The molecule has 0 saturated carbocycles. The third-order valence-corrected chi connectivity index (χ3v) is 7.43. The summed E-state index contributed by atoms with van der Waals surface area (Å²) in [7, 11) is 0. The van der Waals surface area contributed by atoms with E-state index in [1.54, 1.807) is 0 Å². The Morgan fingerprint density at radius 1 is 0.818 bits per heavy atom. The fourth-order valence-corrected chi connectivity index (χ4v) is 5.44. The van der Waals surface area contributed by atoms with Crippen LogP contribution in [0.3, 0.4) is 0 Å². The highest BCUT2D eigenvalue weighted by atomic mass is 16.5. The Morgan fingerprint density at radius 2 is 1.58 bits per heavy atom. The van der Waals surface area contributed by atoms with Crippen LogP contribution in [0, 0.1) is 0 Å². The topological polar surface area (TPSA) is 36.0 Å². The molecule has 0 aromatic heterocycles. The van der Waals surface area contributed by atoms with Gasteiger partial charge in [0.2, 0.25) is 5.91 Å².